The molecule has 9 heteroatoms. The maximum absolute atomic E-state index is 11.8. The van der Waals surface area contributed by atoms with E-state index in [0.29, 0.717) is 17.5 Å². The Kier molecular flexibility index (Phi) is 5.89. The molecule has 23 heavy (non-hydrogen) atoms. The number of ether oxygens (including phenoxy) is 1. The second-order valence-electron chi connectivity index (χ2n) is 4.58. The van der Waals surface area contributed by atoms with E-state index in [-0.39, 0.29) is 22.4 Å². The summed E-state index contributed by atoms with van der Waals surface area (Å²) < 4.78 is 4.60. The van der Waals surface area contributed by atoms with Crippen LogP contribution in [0.3, 0.4) is 0 Å². The summed E-state index contributed by atoms with van der Waals surface area (Å²) in [5.41, 5.74) is 1.02. The van der Waals surface area contributed by atoms with Gasteiger partial charge in [0.15, 0.2) is 15.2 Å². The third kappa shape index (κ3) is 4.90. The van der Waals surface area contributed by atoms with Gasteiger partial charge in [0.1, 0.15) is 5.82 Å². The predicted molar refractivity (Wildman–Crippen MR) is 89.2 cm³/mol. The van der Waals surface area contributed by atoms with Crippen molar-refractivity contribution in [3.8, 4) is 0 Å². The Bertz CT molecular complexity index is 703. The SMILES string of the molecule is COC(=O)c1sc(NCCC(=O)Nc2ccc(C)cn2)nc1Cl. The summed E-state index contributed by atoms with van der Waals surface area (Å²) in [6.45, 7) is 2.27. The Balaban J connectivity index is 1.81. The van der Waals surface area contributed by atoms with Gasteiger partial charge in [-0.1, -0.05) is 29.0 Å². The van der Waals surface area contributed by atoms with E-state index in [1.54, 1.807) is 12.3 Å². The number of hydrogen-bond donors (Lipinski definition) is 2. The van der Waals surface area contributed by atoms with Crippen LogP contribution in [0.5, 0.6) is 0 Å². The van der Waals surface area contributed by atoms with Gasteiger partial charge in [0.05, 0.1) is 7.11 Å². The zero-order chi connectivity index (χ0) is 16.8. The van der Waals surface area contributed by atoms with Gasteiger partial charge in [0, 0.05) is 19.2 Å². The van der Waals surface area contributed by atoms with Crippen LogP contribution in [0.4, 0.5) is 10.9 Å². The number of nitrogens with zero attached hydrogens (tertiary/aromatic N) is 2. The Hall–Kier alpha value is -2.19. The molecular weight excluding hydrogens is 340 g/mol. The molecule has 122 valence electrons. The largest absolute Gasteiger partial charge is 0.465 e. The number of nitrogens with one attached hydrogen (secondary N) is 2. The molecule has 0 saturated carbocycles. The van der Waals surface area contributed by atoms with Crippen molar-refractivity contribution in [2.75, 3.05) is 24.3 Å². The van der Waals surface area contributed by atoms with E-state index in [1.165, 1.54) is 7.11 Å². The molecule has 2 N–H and O–H groups in total. The molecule has 2 heterocycles. The number of hydrogen-bond acceptors (Lipinski definition) is 7. The van der Waals surface area contributed by atoms with Gasteiger partial charge in [-0.15, -0.1) is 0 Å². The lowest BCUT2D eigenvalue weighted by atomic mass is 10.3. The number of rotatable bonds is 6. The number of thiazole rings is 1. The van der Waals surface area contributed by atoms with Crippen molar-refractivity contribution in [2.24, 2.45) is 0 Å². The standard InChI is InChI=1S/C14H15ClN4O3S/c1-8-3-4-9(17-7-8)18-10(20)5-6-16-14-19-12(15)11(23-14)13(21)22-2/h3-4,7H,5-6H2,1-2H3,(H,16,19)(H,17,18,20). The fraction of sp³-hybridized carbons (Fsp3) is 0.286. The van der Waals surface area contributed by atoms with Crippen molar-refractivity contribution in [3.05, 3.63) is 33.9 Å². The van der Waals surface area contributed by atoms with E-state index in [9.17, 15) is 9.59 Å². The molecule has 0 unspecified atom stereocenters. The minimum atomic E-state index is -0.538. The molecular formula is C14H15ClN4O3S. The van der Waals surface area contributed by atoms with Crippen LogP contribution >= 0.6 is 22.9 Å². The number of pyridine rings is 1. The highest BCUT2D eigenvalue weighted by Gasteiger charge is 2.17. The van der Waals surface area contributed by atoms with Crippen LogP contribution in [-0.4, -0.2) is 35.5 Å². The summed E-state index contributed by atoms with van der Waals surface area (Å²) in [7, 11) is 1.27. The fourth-order valence-corrected chi connectivity index (χ4v) is 2.75. The minimum Gasteiger partial charge on any atom is -0.465 e. The number of esters is 1. The van der Waals surface area contributed by atoms with Crippen LogP contribution in [0.1, 0.15) is 21.7 Å². The Morgan fingerprint density at radius 2 is 2.17 bits per heavy atom. The summed E-state index contributed by atoms with van der Waals surface area (Å²) >= 11 is 6.93. The average Bonchev–Trinajstić information content (AvgIpc) is 2.89. The zero-order valence-electron chi connectivity index (χ0n) is 12.6. The predicted octanol–water partition coefficient (Wildman–Crippen LogP) is 2.73. The highest BCUT2D eigenvalue weighted by molar-refractivity contribution is 7.18. The number of methoxy groups -OCH3 is 1. The lowest BCUT2D eigenvalue weighted by molar-refractivity contribution is -0.116. The van der Waals surface area contributed by atoms with Crippen LogP contribution in [0.25, 0.3) is 0 Å². The molecule has 2 aromatic heterocycles. The van der Waals surface area contributed by atoms with E-state index >= 15 is 0 Å². The van der Waals surface area contributed by atoms with Crippen LogP contribution in [0, 0.1) is 6.92 Å². The normalized spacial score (nSPS) is 10.2. The van der Waals surface area contributed by atoms with Crippen LogP contribution < -0.4 is 10.6 Å². The van der Waals surface area contributed by atoms with Crippen molar-refractivity contribution >= 4 is 45.8 Å². The number of amides is 1. The summed E-state index contributed by atoms with van der Waals surface area (Å²) in [5.74, 6) is -0.209. The first-order valence-corrected chi connectivity index (χ1v) is 7.90. The Morgan fingerprint density at radius 1 is 1.39 bits per heavy atom. The summed E-state index contributed by atoms with van der Waals surface area (Å²) in [6.07, 6.45) is 1.90. The fourth-order valence-electron chi connectivity index (χ4n) is 1.63. The van der Waals surface area contributed by atoms with Crippen LogP contribution in [-0.2, 0) is 9.53 Å². The molecule has 7 nitrogen and oxygen atoms in total. The molecule has 0 saturated heterocycles. The number of aromatic nitrogens is 2. The van der Waals surface area contributed by atoms with Gasteiger partial charge in [0.2, 0.25) is 5.91 Å². The summed E-state index contributed by atoms with van der Waals surface area (Å²) in [5, 5.41) is 6.17. The summed E-state index contributed by atoms with van der Waals surface area (Å²) in [6, 6.07) is 3.61. The Morgan fingerprint density at radius 3 is 2.83 bits per heavy atom. The second-order valence-corrected chi connectivity index (χ2v) is 5.93. The van der Waals surface area contributed by atoms with Crippen LogP contribution in [0.15, 0.2) is 18.3 Å². The maximum Gasteiger partial charge on any atom is 0.351 e. The number of halogens is 1. The maximum atomic E-state index is 11.8. The number of anilines is 2. The molecule has 2 aromatic rings. The van der Waals surface area contributed by atoms with E-state index in [0.717, 1.165) is 16.9 Å². The van der Waals surface area contributed by atoms with Gasteiger partial charge in [-0.05, 0) is 18.6 Å². The smallest absolute Gasteiger partial charge is 0.351 e. The number of carbonyl (C=O) groups excluding carboxylic acids is 2. The molecule has 0 radical (unpaired) electrons. The molecule has 0 atom stereocenters. The molecule has 0 fully saturated rings. The highest BCUT2D eigenvalue weighted by Crippen LogP contribution is 2.27. The van der Waals surface area contributed by atoms with Crippen molar-refractivity contribution in [1.29, 1.82) is 0 Å². The molecule has 0 aromatic carbocycles. The van der Waals surface area contributed by atoms with Gasteiger partial charge in [-0.25, -0.2) is 14.8 Å². The monoisotopic (exact) mass is 354 g/mol. The molecule has 0 aliphatic carbocycles. The first kappa shape index (κ1) is 17.2. The molecule has 0 bridgehead atoms. The van der Waals surface area contributed by atoms with Gasteiger partial charge in [0.25, 0.3) is 0 Å². The number of aryl methyl sites for hydroxylation is 1. The van der Waals surface area contributed by atoms with Crippen molar-refractivity contribution in [1.82, 2.24) is 9.97 Å². The Labute approximate surface area is 142 Å². The molecule has 0 aliphatic heterocycles. The lowest BCUT2D eigenvalue weighted by Crippen LogP contribution is -2.16. The van der Waals surface area contributed by atoms with Crippen LogP contribution in [0.2, 0.25) is 5.15 Å². The zero-order valence-corrected chi connectivity index (χ0v) is 14.1. The van der Waals surface area contributed by atoms with Crippen molar-refractivity contribution in [2.45, 2.75) is 13.3 Å². The molecule has 1 amide bonds. The van der Waals surface area contributed by atoms with E-state index in [4.69, 9.17) is 11.6 Å². The number of carbonyl (C=O) groups is 2. The topological polar surface area (TPSA) is 93.2 Å². The molecule has 0 spiro atoms. The van der Waals surface area contributed by atoms with E-state index in [2.05, 4.69) is 25.3 Å². The average molecular weight is 355 g/mol. The summed E-state index contributed by atoms with van der Waals surface area (Å²) in [4.78, 5) is 31.5. The van der Waals surface area contributed by atoms with Crippen molar-refractivity contribution < 1.29 is 14.3 Å². The quantitative estimate of drug-likeness (QED) is 0.775. The minimum absolute atomic E-state index is 0.0812. The van der Waals surface area contributed by atoms with Crippen molar-refractivity contribution in [3.63, 3.8) is 0 Å². The van der Waals surface area contributed by atoms with Gasteiger partial charge in [-0.2, -0.15) is 0 Å². The van der Waals surface area contributed by atoms with Gasteiger partial charge < -0.3 is 15.4 Å². The molecule has 0 aliphatic rings. The first-order chi connectivity index (χ1) is 11.0. The third-order valence-corrected chi connectivity index (χ3v) is 4.14. The van der Waals surface area contributed by atoms with E-state index < -0.39 is 5.97 Å². The lowest BCUT2D eigenvalue weighted by Gasteiger charge is -2.05. The second kappa shape index (κ2) is 7.89. The van der Waals surface area contributed by atoms with Gasteiger partial charge in [-0.3, -0.25) is 4.79 Å². The highest BCUT2D eigenvalue weighted by atomic mass is 35.5. The van der Waals surface area contributed by atoms with Gasteiger partial charge >= 0.3 is 5.97 Å². The van der Waals surface area contributed by atoms with E-state index in [1.807, 2.05) is 13.0 Å². The molecule has 2 rings (SSSR count). The third-order valence-electron chi connectivity index (χ3n) is 2.76. The first-order valence-electron chi connectivity index (χ1n) is 6.70.